The molecule has 100 valence electrons. The zero-order valence-corrected chi connectivity index (χ0v) is 11.7. The minimum absolute atomic E-state index is 0.223. The van der Waals surface area contributed by atoms with Crippen LogP contribution in [0.25, 0.3) is 0 Å². The molecule has 0 atom stereocenters. The first-order valence-corrected chi connectivity index (χ1v) is 7.33. The van der Waals surface area contributed by atoms with Crippen molar-refractivity contribution in [3.63, 3.8) is 0 Å². The van der Waals surface area contributed by atoms with E-state index in [0.29, 0.717) is 11.4 Å². The monoisotopic (exact) mass is 276 g/mol. The standard InChI is InChI=1S/C14H16N2O2S/c1-10-6-8-12(9-7-10)19(17,18)16-14-11(2)4-3-5-13(14)15/h3-9,16H,15H2,1-2H3. The molecular weight excluding hydrogens is 260 g/mol. The maximum absolute atomic E-state index is 12.3. The predicted octanol–water partition coefficient (Wildman–Crippen LogP) is 2.69. The largest absolute Gasteiger partial charge is 0.397 e. The summed E-state index contributed by atoms with van der Waals surface area (Å²) in [5.74, 6) is 0. The Kier molecular flexibility index (Phi) is 3.48. The molecule has 2 aromatic rings. The summed E-state index contributed by atoms with van der Waals surface area (Å²) < 4.78 is 27.0. The van der Waals surface area contributed by atoms with Gasteiger partial charge >= 0.3 is 0 Å². The Bertz CT molecular complexity index is 672. The number of anilines is 2. The summed E-state index contributed by atoms with van der Waals surface area (Å²) >= 11 is 0. The van der Waals surface area contributed by atoms with Gasteiger partial charge in [-0.3, -0.25) is 4.72 Å². The molecule has 0 heterocycles. The molecule has 0 aliphatic carbocycles. The van der Waals surface area contributed by atoms with Crippen molar-refractivity contribution in [3.8, 4) is 0 Å². The third-order valence-corrected chi connectivity index (χ3v) is 4.24. The Morgan fingerprint density at radius 1 is 1.00 bits per heavy atom. The molecule has 4 nitrogen and oxygen atoms in total. The Hall–Kier alpha value is -2.01. The molecular formula is C14H16N2O2S. The van der Waals surface area contributed by atoms with Gasteiger partial charge in [0.1, 0.15) is 0 Å². The summed E-state index contributed by atoms with van der Waals surface area (Å²) in [7, 11) is -3.61. The van der Waals surface area contributed by atoms with E-state index in [0.717, 1.165) is 11.1 Å². The van der Waals surface area contributed by atoms with Crippen molar-refractivity contribution in [2.45, 2.75) is 18.7 Å². The fraction of sp³-hybridized carbons (Fsp3) is 0.143. The van der Waals surface area contributed by atoms with Gasteiger partial charge in [-0.2, -0.15) is 0 Å². The number of rotatable bonds is 3. The molecule has 0 unspecified atom stereocenters. The van der Waals surface area contributed by atoms with Gasteiger partial charge in [0.15, 0.2) is 0 Å². The first kappa shape index (κ1) is 13.4. The lowest BCUT2D eigenvalue weighted by atomic mass is 10.2. The van der Waals surface area contributed by atoms with Crippen molar-refractivity contribution in [1.29, 1.82) is 0 Å². The second kappa shape index (κ2) is 4.93. The average Bonchev–Trinajstić information content (AvgIpc) is 2.35. The lowest BCUT2D eigenvalue weighted by Crippen LogP contribution is -2.15. The number of nitrogen functional groups attached to an aromatic ring is 1. The molecule has 0 spiro atoms. The number of para-hydroxylation sites is 1. The Balaban J connectivity index is 2.39. The zero-order chi connectivity index (χ0) is 14.0. The van der Waals surface area contributed by atoms with Crippen LogP contribution in [-0.4, -0.2) is 8.42 Å². The predicted molar refractivity (Wildman–Crippen MR) is 77.6 cm³/mol. The lowest BCUT2D eigenvalue weighted by molar-refractivity contribution is 0.601. The highest BCUT2D eigenvalue weighted by atomic mass is 32.2. The van der Waals surface area contributed by atoms with Gasteiger partial charge in [0.25, 0.3) is 10.0 Å². The molecule has 19 heavy (non-hydrogen) atoms. The van der Waals surface area contributed by atoms with Crippen molar-refractivity contribution in [3.05, 3.63) is 53.6 Å². The fourth-order valence-electron chi connectivity index (χ4n) is 1.74. The molecule has 0 aliphatic heterocycles. The van der Waals surface area contributed by atoms with Crippen molar-refractivity contribution in [2.24, 2.45) is 0 Å². The summed E-state index contributed by atoms with van der Waals surface area (Å²) in [5.41, 5.74) is 8.45. The minimum atomic E-state index is -3.61. The molecule has 5 heteroatoms. The van der Waals surface area contributed by atoms with E-state index in [2.05, 4.69) is 4.72 Å². The number of nitrogens with one attached hydrogen (secondary N) is 1. The SMILES string of the molecule is Cc1ccc(S(=O)(=O)Nc2c(C)cccc2N)cc1. The smallest absolute Gasteiger partial charge is 0.261 e. The average molecular weight is 276 g/mol. The number of hydrogen-bond acceptors (Lipinski definition) is 3. The van der Waals surface area contributed by atoms with Crippen LogP contribution in [0.3, 0.4) is 0 Å². The van der Waals surface area contributed by atoms with Gasteiger partial charge in [0.05, 0.1) is 16.3 Å². The highest BCUT2D eigenvalue weighted by Gasteiger charge is 2.16. The van der Waals surface area contributed by atoms with Crippen molar-refractivity contribution < 1.29 is 8.42 Å². The fourth-order valence-corrected chi connectivity index (χ4v) is 2.90. The van der Waals surface area contributed by atoms with Crippen LogP contribution in [-0.2, 0) is 10.0 Å². The van der Waals surface area contributed by atoms with Crippen molar-refractivity contribution in [1.82, 2.24) is 0 Å². The van der Waals surface area contributed by atoms with E-state index in [1.165, 1.54) is 0 Å². The van der Waals surface area contributed by atoms with Crippen LogP contribution in [0.1, 0.15) is 11.1 Å². The van der Waals surface area contributed by atoms with Crippen molar-refractivity contribution in [2.75, 3.05) is 10.5 Å². The van der Waals surface area contributed by atoms with E-state index in [-0.39, 0.29) is 4.90 Å². The van der Waals surface area contributed by atoms with Crippen LogP contribution in [0.2, 0.25) is 0 Å². The quantitative estimate of drug-likeness (QED) is 0.847. The molecule has 2 aromatic carbocycles. The second-order valence-corrected chi connectivity index (χ2v) is 6.14. The molecule has 0 aromatic heterocycles. The molecule has 0 bridgehead atoms. The summed E-state index contributed by atoms with van der Waals surface area (Å²) in [5, 5.41) is 0. The Morgan fingerprint density at radius 2 is 1.63 bits per heavy atom. The topological polar surface area (TPSA) is 72.2 Å². The van der Waals surface area contributed by atoms with Gasteiger partial charge < -0.3 is 5.73 Å². The van der Waals surface area contributed by atoms with Crippen LogP contribution in [0, 0.1) is 13.8 Å². The molecule has 3 N–H and O–H groups in total. The molecule has 0 fully saturated rings. The highest BCUT2D eigenvalue weighted by Crippen LogP contribution is 2.25. The van der Waals surface area contributed by atoms with Crippen LogP contribution < -0.4 is 10.5 Å². The van der Waals surface area contributed by atoms with Crippen LogP contribution in [0.4, 0.5) is 11.4 Å². The Labute approximate surface area is 113 Å². The first-order valence-electron chi connectivity index (χ1n) is 5.85. The normalized spacial score (nSPS) is 11.3. The second-order valence-electron chi connectivity index (χ2n) is 4.46. The zero-order valence-electron chi connectivity index (χ0n) is 10.8. The highest BCUT2D eigenvalue weighted by molar-refractivity contribution is 7.92. The van der Waals surface area contributed by atoms with Crippen LogP contribution in [0.15, 0.2) is 47.4 Å². The lowest BCUT2D eigenvalue weighted by Gasteiger charge is -2.12. The molecule has 0 amide bonds. The van der Waals surface area contributed by atoms with Crippen LogP contribution >= 0.6 is 0 Å². The number of nitrogens with two attached hydrogens (primary N) is 1. The Morgan fingerprint density at radius 3 is 2.21 bits per heavy atom. The van der Waals surface area contributed by atoms with E-state index >= 15 is 0 Å². The van der Waals surface area contributed by atoms with Gasteiger partial charge in [-0.05, 0) is 37.6 Å². The van der Waals surface area contributed by atoms with Gasteiger partial charge in [0, 0.05) is 0 Å². The summed E-state index contributed by atoms with van der Waals surface area (Å²) in [6.45, 7) is 3.71. The maximum Gasteiger partial charge on any atom is 0.261 e. The number of benzene rings is 2. The van der Waals surface area contributed by atoms with E-state index in [1.54, 1.807) is 36.4 Å². The van der Waals surface area contributed by atoms with E-state index in [1.807, 2.05) is 19.9 Å². The summed E-state index contributed by atoms with van der Waals surface area (Å²) in [6, 6.07) is 11.9. The molecule has 0 aliphatic rings. The van der Waals surface area contributed by atoms with Crippen LogP contribution in [0.5, 0.6) is 0 Å². The molecule has 0 saturated heterocycles. The molecule has 0 saturated carbocycles. The third-order valence-electron chi connectivity index (χ3n) is 2.87. The minimum Gasteiger partial charge on any atom is -0.397 e. The number of aryl methyl sites for hydroxylation is 2. The van der Waals surface area contributed by atoms with Gasteiger partial charge in [-0.25, -0.2) is 8.42 Å². The molecule has 2 rings (SSSR count). The first-order chi connectivity index (χ1) is 8.90. The van der Waals surface area contributed by atoms with E-state index < -0.39 is 10.0 Å². The number of hydrogen-bond donors (Lipinski definition) is 2. The van der Waals surface area contributed by atoms with Gasteiger partial charge in [-0.15, -0.1) is 0 Å². The van der Waals surface area contributed by atoms with Crippen molar-refractivity contribution >= 4 is 21.4 Å². The van der Waals surface area contributed by atoms with E-state index in [4.69, 9.17) is 5.73 Å². The number of sulfonamides is 1. The summed E-state index contributed by atoms with van der Waals surface area (Å²) in [4.78, 5) is 0.223. The maximum atomic E-state index is 12.3. The van der Waals surface area contributed by atoms with E-state index in [9.17, 15) is 8.42 Å². The van der Waals surface area contributed by atoms with Gasteiger partial charge in [-0.1, -0.05) is 29.8 Å². The van der Waals surface area contributed by atoms with Gasteiger partial charge in [0.2, 0.25) is 0 Å². The molecule has 0 radical (unpaired) electrons. The third kappa shape index (κ3) is 2.88. The summed E-state index contributed by atoms with van der Waals surface area (Å²) in [6.07, 6.45) is 0.